The molecule has 0 aromatic heterocycles. The van der Waals surface area contributed by atoms with E-state index in [1.54, 1.807) is 11.8 Å². The molecule has 0 saturated carbocycles. The highest BCUT2D eigenvalue weighted by Crippen LogP contribution is 2.49. The second kappa shape index (κ2) is 7.74. The summed E-state index contributed by atoms with van der Waals surface area (Å²) in [7, 11) is 2.03. The minimum absolute atomic E-state index is 0.165. The number of thiocarbonyl (C=S) groups is 1. The molecule has 0 saturated heterocycles. The highest BCUT2D eigenvalue weighted by atomic mass is 32.2. The van der Waals surface area contributed by atoms with Crippen molar-refractivity contribution in [2.45, 2.75) is 22.8 Å². The topological polar surface area (TPSA) is 52.7 Å². The summed E-state index contributed by atoms with van der Waals surface area (Å²) in [5.41, 5.74) is 9.07. The zero-order chi connectivity index (χ0) is 18.0. The first-order valence-electron chi connectivity index (χ1n) is 8.30. The number of hydrogen-bond acceptors (Lipinski definition) is 5. The van der Waals surface area contributed by atoms with E-state index in [4.69, 9.17) is 18.0 Å². The summed E-state index contributed by atoms with van der Waals surface area (Å²) in [6.07, 6.45) is 0. The molecule has 2 aromatic carbocycles. The Morgan fingerprint density at radius 2 is 1.96 bits per heavy atom. The second-order valence-electron chi connectivity index (χ2n) is 6.32. The molecule has 25 heavy (non-hydrogen) atoms. The Morgan fingerprint density at radius 3 is 2.68 bits per heavy atom. The van der Waals surface area contributed by atoms with Crippen LogP contribution in [0.2, 0.25) is 0 Å². The molecule has 3 rings (SSSR count). The number of hydrogen-bond donors (Lipinski definition) is 2. The number of aliphatic hydroxyl groups excluding tert-OH is 1. The van der Waals surface area contributed by atoms with Gasteiger partial charge in [-0.3, -0.25) is 0 Å². The molecule has 0 radical (unpaired) electrons. The zero-order valence-corrected chi connectivity index (χ0v) is 16.1. The van der Waals surface area contributed by atoms with Crippen molar-refractivity contribution < 1.29 is 5.11 Å². The number of anilines is 2. The van der Waals surface area contributed by atoms with E-state index >= 15 is 0 Å². The van der Waals surface area contributed by atoms with Gasteiger partial charge in [0.1, 0.15) is 4.99 Å². The molecule has 1 atom stereocenters. The van der Waals surface area contributed by atoms with Gasteiger partial charge in [-0.1, -0.05) is 42.2 Å². The third-order valence-electron chi connectivity index (χ3n) is 4.35. The molecule has 1 aliphatic rings. The summed E-state index contributed by atoms with van der Waals surface area (Å²) in [6.45, 7) is 3.88. The summed E-state index contributed by atoms with van der Waals surface area (Å²) in [5.74, 6) is 0. The number of rotatable bonds is 6. The Labute approximate surface area is 158 Å². The van der Waals surface area contributed by atoms with Gasteiger partial charge in [0, 0.05) is 34.5 Å². The first-order valence-corrected chi connectivity index (χ1v) is 9.53. The van der Waals surface area contributed by atoms with Crippen LogP contribution < -0.4 is 10.6 Å². The zero-order valence-electron chi connectivity index (χ0n) is 14.5. The molecule has 0 spiro atoms. The molecule has 0 bridgehead atoms. The average molecular weight is 374 g/mol. The summed E-state index contributed by atoms with van der Waals surface area (Å²) in [4.78, 5) is 7.37. The lowest BCUT2D eigenvalue weighted by atomic mass is 10.1. The van der Waals surface area contributed by atoms with Gasteiger partial charge in [0.2, 0.25) is 0 Å². The predicted octanol–water partition coefficient (Wildman–Crippen LogP) is 3.24. The highest BCUT2D eigenvalue weighted by Gasteiger charge is 2.27. The van der Waals surface area contributed by atoms with Gasteiger partial charge in [-0.25, -0.2) is 0 Å². The molecule has 1 aliphatic heterocycles. The van der Waals surface area contributed by atoms with Crippen LogP contribution >= 0.6 is 24.0 Å². The first kappa shape index (κ1) is 18.2. The van der Waals surface area contributed by atoms with Gasteiger partial charge in [0.25, 0.3) is 0 Å². The third-order valence-corrected chi connectivity index (χ3v) is 5.71. The van der Waals surface area contributed by atoms with Crippen LogP contribution in [-0.2, 0) is 0 Å². The first-order chi connectivity index (χ1) is 12.0. The van der Waals surface area contributed by atoms with Crippen LogP contribution in [0.4, 0.5) is 11.4 Å². The van der Waals surface area contributed by atoms with E-state index < -0.39 is 0 Å². The van der Waals surface area contributed by atoms with E-state index in [-0.39, 0.29) is 12.6 Å². The summed E-state index contributed by atoms with van der Waals surface area (Å²) < 4.78 is 0. The Hall–Kier alpha value is -1.60. The largest absolute Gasteiger partial charge is 0.395 e. The van der Waals surface area contributed by atoms with Crippen LogP contribution in [0.25, 0.3) is 0 Å². The number of fused-ring (bicyclic) bond motifs is 2. The molecule has 132 valence electrons. The fourth-order valence-electron chi connectivity index (χ4n) is 3.21. The fourth-order valence-corrected chi connectivity index (χ4v) is 4.38. The van der Waals surface area contributed by atoms with Gasteiger partial charge < -0.3 is 20.6 Å². The van der Waals surface area contributed by atoms with Crippen molar-refractivity contribution in [1.29, 1.82) is 0 Å². The quantitative estimate of drug-likeness (QED) is 0.758. The standard InChI is InChI=1S/C19H23N3OS2/c1-13(12-21(2)9-10-23)22-15-5-3-4-6-17(15)25-18-8-7-14(19(20)24)11-16(18)22/h3-8,11,13,23H,9-10,12H2,1-2H3,(H2,20,24). The molecule has 2 aromatic rings. The van der Waals surface area contributed by atoms with Gasteiger partial charge in [-0.2, -0.15) is 0 Å². The van der Waals surface area contributed by atoms with Crippen molar-refractivity contribution in [2.75, 3.05) is 31.6 Å². The number of nitrogens with two attached hydrogens (primary N) is 1. The van der Waals surface area contributed by atoms with Crippen LogP contribution in [0.15, 0.2) is 52.3 Å². The maximum atomic E-state index is 9.19. The predicted molar refractivity (Wildman–Crippen MR) is 109 cm³/mol. The van der Waals surface area contributed by atoms with Crippen LogP contribution in [0.5, 0.6) is 0 Å². The molecule has 1 unspecified atom stereocenters. The van der Waals surface area contributed by atoms with Crippen molar-refractivity contribution in [1.82, 2.24) is 4.90 Å². The summed E-state index contributed by atoms with van der Waals surface area (Å²) in [6, 6.07) is 14.9. The van der Waals surface area contributed by atoms with Crippen molar-refractivity contribution in [3.05, 3.63) is 48.0 Å². The fraction of sp³-hybridized carbons (Fsp3) is 0.316. The third kappa shape index (κ3) is 3.82. The average Bonchev–Trinajstić information content (AvgIpc) is 2.59. The summed E-state index contributed by atoms with van der Waals surface area (Å²) >= 11 is 6.94. The number of nitrogens with zero attached hydrogens (tertiary/aromatic N) is 2. The Kier molecular flexibility index (Phi) is 5.64. The van der Waals surface area contributed by atoms with Crippen LogP contribution in [-0.4, -0.2) is 47.8 Å². The Bertz CT molecular complexity index is 781. The minimum atomic E-state index is 0.165. The van der Waals surface area contributed by atoms with E-state index in [1.165, 1.54) is 15.5 Å². The smallest absolute Gasteiger partial charge is 0.104 e. The van der Waals surface area contributed by atoms with Gasteiger partial charge in [-0.05, 0) is 38.2 Å². The lowest BCUT2D eigenvalue weighted by molar-refractivity contribution is 0.216. The van der Waals surface area contributed by atoms with E-state index in [0.717, 1.165) is 17.8 Å². The summed E-state index contributed by atoms with van der Waals surface area (Å²) in [5, 5.41) is 9.19. The molecule has 4 nitrogen and oxygen atoms in total. The Balaban J connectivity index is 2.03. The Morgan fingerprint density at radius 1 is 1.24 bits per heavy atom. The number of benzene rings is 2. The number of aliphatic hydroxyl groups is 1. The van der Waals surface area contributed by atoms with Crippen molar-refractivity contribution in [3.8, 4) is 0 Å². The maximum Gasteiger partial charge on any atom is 0.104 e. The van der Waals surface area contributed by atoms with E-state index in [9.17, 15) is 5.11 Å². The maximum absolute atomic E-state index is 9.19. The SMILES string of the molecule is CC(CN(C)CCO)N1c2ccccc2Sc2ccc(C(N)=S)cc21. The van der Waals surface area contributed by atoms with E-state index in [2.05, 4.69) is 53.1 Å². The van der Waals surface area contributed by atoms with Crippen LogP contribution in [0.3, 0.4) is 0 Å². The van der Waals surface area contributed by atoms with E-state index in [0.29, 0.717) is 11.5 Å². The van der Waals surface area contributed by atoms with Crippen LogP contribution in [0, 0.1) is 0 Å². The number of likely N-dealkylation sites (N-methyl/N-ethyl adjacent to an activating group) is 1. The van der Waals surface area contributed by atoms with Crippen LogP contribution in [0.1, 0.15) is 12.5 Å². The lowest BCUT2D eigenvalue weighted by Gasteiger charge is -2.39. The molecule has 0 aliphatic carbocycles. The normalized spacial score (nSPS) is 14.2. The lowest BCUT2D eigenvalue weighted by Crippen LogP contribution is -2.40. The van der Waals surface area contributed by atoms with Crippen molar-refractivity contribution in [2.24, 2.45) is 5.73 Å². The molecule has 0 amide bonds. The second-order valence-corrected chi connectivity index (χ2v) is 7.85. The number of para-hydroxylation sites is 1. The van der Waals surface area contributed by atoms with Gasteiger partial charge in [-0.15, -0.1) is 0 Å². The van der Waals surface area contributed by atoms with Crippen molar-refractivity contribution >= 4 is 40.3 Å². The molecule has 3 N–H and O–H groups in total. The van der Waals surface area contributed by atoms with Gasteiger partial charge in [0.05, 0.1) is 18.0 Å². The highest BCUT2D eigenvalue weighted by molar-refractivity contribution is 7.99. The molecule has 0 fully saturated rings. The van der Waals surface area contributed by atoms with Gasteiger partial charge >= 0.3 is 0 Å². The minimum Gasteiger partial charge on any atom is -0.395 e. The molecule has 6 heteroatoms. The monoisotopic (exact) mass is 373 g/mol. The van der Waals surface area contributed by atoms with Gasteiger partial charge in [0.15, 0.2) is 0 Å². The molecule has 1 heterocycles. The molecular formula is C19H23N3OS2. The molecular weight excluding hydrogens is 350 g/mol. The van der Waals surface area contributed by atoms with Crippen molar-refractivity contribution in [3.63, 3.8) is 0 Å². The van der Waals surface area contributed by atoms with E-state index in [1.807, 2.05) is 13.1 Å².